The number of esters is 2. The van der Waals surface area contributed by atoms with Crippen LogP contribution in [0, 0.1) is 17.3 Å². The van der Waals surface area contributed by atoms with E-state index >= 15 is 0 Å². The van der Waals surface area contributed by atoms with Crippen LogP contribution in [0.1, 0.15) is 25.7 Å². The molecule has 0 aromatic carbocycles. The summed E-state index contributed by atoms with van der Waals surface area (Å²) in [5.74, 6) is 0.647. The molecular weight excluding hydrogens is 488 g/mol. The van der Waals surface area contributed by atoms with Gasteiger partial charge >= 0.3 is 142 Å². The zero-order valence-corrected chi connectivity index (χ0v) is 15.1. The molecule has 0 radical (unpaired) electrons. The average molecular weight is 504 g/mol. The number of ether oxygens (including phenoxy) is 2. The van der Waals surface area contributed by atoms with E-state index in [-0.39, 0.29) is 48.9 Å². The van der Waals surface area contributed by atoms with E-state index in [9.17, 15) is 9.59 Å². The summed E-state index contributed by atoms with van der Waals surface area (Å²) in [6.07, 6.45) is 3.62. The van der Waals surface area contributed by atoms with Crippen molar-refractivity contribution in [2.75, 3.05) is 6.61 Å². The summed E-state index contributed by atoms with van der Waals surface area (Å²) < 4.78 is 14.5. The van der Waals surface area contributed by atoms with E-state index in [4.69, 9.17) is 9.47 Å². The first kappa shape index (κ1) is 14.0. The second-order valence-corrected chi connectivity index (χ2v) is 10.1. The summed E-state index contributed by atoms with van der Waals surface area (Å²) >= 11 is 2.22. The molecule has 2 saturated carbocycles. The molecule has 2 aliphatic heterocycles. The zero-order chi connectivity index (χ0) is 13.9. The second-order valence-electron chi connectivity index (χ2n) is 6.17. The summed E-state index contributed by atoms with van der Waals surface area (Å²) in [6.45, 7) is 0.569. The SMILES string of the molecule is O=C(OC1CC2CC1C[C@]21CCOC1=O)C(I)C1N[I-]1. The predicted molar refractivity (Wildman–Crippen MR) is 73.5 cm³/mol. The molecule has 0 aromatic heterocycles. The van der Waals surface area contributed by atoms with Gasteiger partial charge in [0.2, 0.25) is 0 Å². The molecule has 6 atom stereocenters. The molecule has 0 aromatic rings. The van der Waals surface area contributed by atoms with E-state index in [1.807, 2.05) is 0 Å². The number of nitrogens with one attached hydrogen (secondary N) is 1. The summed E-state index contributed by atoms with van der Waals surface area (Å²) in [4.78, 5) is 24.1. The van der Waals surface area contributed by atoms with Crippen molar-refractivity contribution in [3.63, 3.8) is 0 Å². The third kappa shape index (κ3) is 2.10. The van der Waals surface area contributed by atoms with Crippen LogP contribution in [0.2, 0.25) is 0 Å². The number of hydrogen-bond acceptors (Lipinski definition) is 5. The molecular formula is C13H16I2NO4-. The van der Waals surface area contributed by atoms with Crippen LogP contribution in [-0.2, 0) is 19.1 Å². The number of cyclic esters (lactones) is 1. The average Bonchev–Trinajstić information content (AvgIpc) is 3.00. The molecule has 4 fully saturated rings. The number of fused-ring (bicyclic) bond motifs is 3. The third-order valence-electron chi connectivity index (χ3n) is 5.21. The first-order valence-electron chi connectivity index (χ1n) is 7.00. The van der Waals surface area contributed by atoms with Crippen molar-refractivity contribution in [2.24, 2.45) is 17.3 Å². The molecule has 112 valence electrons. The van der Waals surface area contributed by atoms with Crippen LogP contribution in [0.25, 0.3) is 0 Å². The molecule has 5 nitrogen and oxygen atoms in total. The Morgan fingerprint density at radius 3 is 2.90 bits per heavy atom. The molecule has 4 aliphatic rings. The Hall–Kier alpha value is 0.360. The molecule has 4 rings (SSSR count). The predicted octanol–water partition coefficient (Wildman–Crippen LogP) is -2.00. The van der Waals surface area contributed by atoms with E-state index in [0.717, 1.165) is 25.7 Å². The van der Waals surface area contributed by atoms with Crippen molar-refractivity contribution < 1.29 is 40.5 Å². The quantitative estimate of drug-likeness (QED) is 0.120. The van der Waals surface area contributed by atoms with Gasteiger partial charge in [0.1, 0.15) is 0 Å². The molecule has 2 heterocycles. The number of rotatable bonds is 3. The van der Waals surface area contributed by atoms with Gasteiger partial charge in [-0.05, 0) is 0 Å². The fourth-order valence-corrected chi connectivity index (χ4v) is 7.24. The minimum absolute atomic E-state index is 0.00604. The monoisotopic (exact) mass is 504 g/mol. The Morgan fingerprint density at radius 2 is 2.35 bits per heavy atom. The van der Waals surface area contributed by atoms with Crippen LogP contribution in [0.15, 0.2) is 0 Å². The zero-order valence-electron chi connectivity index (χ0n) is 10.8. The van der Waals surface area contributed by atoms with Crippen molar-refractivity contribution in [3.05, 3.63) is 0 Å². The van der Waals surface area contributed by atoms with Crippen LogP contribution >= 0.6 is 22.6 Å². The first-order valence-corrected chi connectivity index (χ1v) is 10.6. The van der Waals surface area contributed by atoms with Crippen LogP contribution in [0.5, 0.6) is 0 Å². The van der Waals surface area contributed by atoms with Crippen molar-refractivity contribution in [1.82, 2.24) is 3.53 Å². The van der Waals surface area contributed by atoms with E-state index in [0.29, 0.717) is 22.5 Å². The molecule has 1 N–H and O–H groups in total. The second kappa shape index (κ2) is 4.94. The molecule has 1 spiro atoms. The third-order valence-corrected chi connectivity index (χ3v) is 9.88. The van der Waals surface area contributed by atoms with E-state index in [1.54, 1.807) is 0 Å². The van der Waals surface area contributed by atoms with E-state index < -0.39 is 0 Å². The molecule has 2 bridgehead atoms. The van der Waals surface area contributed by atoms with Gasteiger partial charge in [-0.3, -0.25) is 0 Å². The van der Waals surface area contributed by atoms with Crippen molar-refractivity contribution in [2.45, 2.75) is 39.8 Å². The Morgan fingerprint density at radius 1 is 1.55 bits per heavy atom. The Bertz CT molecular complexity index is 469. The standard InChI is InChI=1S/C13H16I2NO4/c14-9(10-15-16-10)11(17)20-8-4-7-3-6(8)5-13(7)1-2-19-12(13)18/h6-10,16H,1-5H2/q-1/t6?,7?,8?,9?,10?,13-/m1/s1. The summed E-state index contributed by atoms with van der Waals surface area (Å²) in [5, 5.41) is 0. The maximum atomic E-state index is 12.1. The van der Waals surface area contributed by atoms with Gasteiger partial charge in [0, 0.05) is 0 Å². The van der Waals surface area contributed by atoms with Crippen LogP contribution in [0.3, 0.4) is 0 Å². The Labute approximate surface area is 141 Å². The molecule has 20 heavy (non-hydrogen) atoms. The maximum absolute atomic E-state index is 12.1. The normalized spacial score (nSPS) is 47.0. The molecule has 0 amide bonds. The minimum atomic E-state index is -0.235. The van der Waals surface area contributed by atoms with Gasteiger partial charge in [0.15, 0.2) is 0 Å². The summed E-state index contributed by atoms with van der Waals surface area (Å²) in [5.41, 5.74) is -0.235. The topological polar surface area (TPSA) is 74.5 Å². The van der Waals surface area contributed by atoms with Gasteiger partial charge in [-0.25, -0.2) is 0 Å². The summed E-state index contributed by atoms with van der Waals surface area (Å²) in [7, 11) is 0. The number of halogens is 2. The van der Waals surface area contributed by atoms with Gasteiger partial charge in [-0.15, -0.1) is 0 Å². The molecule has 5 unspecified atom stereocenters. The Balaban J connectivity index is 1.40. The fraction of sp³-hybridized carbons (Fsp3) is 0.846. The van der Waals surface area contributed by atoms with Crippen LogP contribution < -0.4 is 25.0 Å². The number of carbonyl (C=O) groups is 2. The van der Waals surface area contributed by atoms with E-state index in [2.05, 4.69) is 26.1 Å². The number of hydrogen-bond donors (Lipinski definition) is 1. The number of alkyl halides is 2. The van der Waals surface area contributed by atoms with Crippen LogP contribution in [0.4, 0.5) is 0 Å². The van der Waals surface area contributed by atoms with Gasteiger partial charge in [0.05, 0.1) is 0 Å². The van der Waals surface area contributed by atoms with E-state index in [1.165, 1.54) is 0 Å². The van der Waals surface area contributed by atoms with Gasteiger partial charge in [0.25, 0.3) is 0 Å². The van der Waals surface area contributed by atoms with Crippen molar-refractivity contribution in [3.8, 4) is 0 Å². The molecule has 2 saturated heterocycles. The van der Waals surface area contributed by atoms with Crippen molar-refractivity contribution >= 4 is 34.5 Å². The molecule has 2 aliphatic carbocycles. The van der Waals surface area contributed by atoms with Gasteiger partial charge < -0.3 is 0 Å². The fourth-order valence-electron chi connectivity index (χ4n) is 4.14. The molecule has 7 heteroatoms. The van der Waals surface area contributed by atoms with Gasteiger partial charge in [-0.1, -0.05) is 0 Å². The first-order chi connectivity index (χ1) is 9.60. The number of carbonyl (C=O) groups excluding carboxylic acids is 2. The Kier molecular flexibility index (Phi) is 3.45. The van der Waals surface area contributed by atoms with Crippen LogP contribution in [-0.4, -0.2) is 32.6 Å². The van der Waals surface area contributed by atoms with Crippen molar-refractivity contribution in [1.29, 1.82) is 0 Å². The van der Waals surface area contributed by atoms with Gasteiger partial charge in [-0.2, -0.15) is 0 Å². The summed E-state index contributed by atoms with van der Waals surface area (Å²) in [6, 6.07) is 0.